The highest BCUT2D eigenvalue weighted by Gasteiger charge is 2.18. The number of benzene rings is 2. The maximum absolute atomic E-state index is 12.7. The number of aromatic hydroxyl groups is 3. The van der Waals surface area contributed by atoms with Crippen molar-refractivity contribution in [3.05, 3.63) is 28.4 Å². The predicted octanol–water partition coefficient (Wildman–Crippen LogP) is 0.981. The van der Waals surface area contributed by atoms with Crippen LogP contribution in [-0.2, 0) is 9.59 Å². The Balaban J connectivity index is 2.18. The third-order valence-corrected chi connectivity index (χ3v) is 4.16. The number of aliphatic carboxylic acids is 1. The van der Waals surface area contributed by atoms with Gasteiger partial charge in [0, 0.05) is 18.6 Å². The number of nitrogens with one attached hydrogen (secondary N) is 1. The molecule has 0 aliphatic rings. The second-order valence-electron chi connectivity index (χ2n) is 6.06. The van der Waals surface area contributed by atoms with Crippen LogP contribution in [0.2, 0.25) is 0 Å². The Kier molecular flexibility index (Phi) is 4.70. The van der Waals surface area contributed by atoms with Gasteiger partial charge in [-0.25, -0.2) is 0 Å². The molecule has 0 aliphatic carbocycles. The van der Waals surface area contributed by atoms with Gasteiger partial charge in [-0.2, -0.15) is 0 Å². The van der Waals surface area contributed by atoms with Crippen molar-refractivity contribution in [2.75, 3.05) is 5.32 Å². The number of rotatable bonds is 6. The molecule has 10 heteroatoms. The first-order valence-electron chi connectivity index (χ1n) is 8.02. The van der Waals surface area contributed by atoms with Crippen molar-refractivity contribution in [1.82, 2.24) is 0 Å². The lowest BCUT2D eigenvalue weighted by Gasteiger charge is -2.22. The zero-order chi connectivity index (χ0) is 20.6. The number of anilines is 1. The molecule has 0 aliphatic heterocycles. The van der Waals surface area contributed by atoms with E-state index in [-0.39, 0.29) is 29.4 Å². The van der Waals surface area contributed by atoms with Crippen LogP contribution in [0, 0.1) is 0 Å². The Labute approximate surface area is 155 Å². The van der Waals surface area contributed by atoms with Gasteiger partial charge in [-0.15, -0.1) is 0 Å². The van der Waals surface area contributed by atoms with Crippen molar-refractivity contribution in [3.63, 3.8) is 0 Å². The van der Waals surface area contributed by atoms with Crippen LogP contribution < -0.4 is 15.9 Å². The van der Waals surface area contributed by atoms with Crippen LogP contribution in [0.5, 0.6) is 23.0 Å². The molecule has 0 bridgehead atoms. The zero-order valence-electron chi connectivity index (χ0n) is 14.1. The van der Waals surface area contributed by atoms with Gasteiger partial charge in [0.25, 0.3) is 0 Å². The summed E-state index contributed by atoms with van der Waals surface area (Å²) in [5.74, 6) is -3.83. The average Bonchev–Trinajstić information content (AvgIpc) is 2.62. The molecule has 1 atom stereocenters. The number of phenolic OH excluding ortho intramolecular Hbond substituents is 3. The molecule has 0 amide bonds. The standard InChI is InChI=1S/C18H15NO9/c20-6-7(1-2-14(24)25)19-16-11(23)5-13-15(18(16)27)17(26)8-3-9(21)10(22)4-12(8)28-13/h3-7,19,21-23,27H,1-2H2,(H,24,25)/p-1/t7-/m0/s1. The molecule has 28 heavy (non-hydrogen) atoms. The van der Waals surface area contributed by atoms with Crippen molar-refractivity contribution < 1.29 is 39.5 Å². The lowest BCUT2D eigenvalue weighted by molar-refractivity contribution is -0.264. The van der Waals surface area contributed by atoms with Gasteiger partial charge in [0.1, 0.15) is 23.2 Å². The first kappa shape index (κ1) is 18.8. The Hall–Kier alpha value is -3.95. The summed E-state index contributed by atoms with van der Waals surface area (Å²) in [7, 11) is 0. The maximum atomic E-state index is 12.7. The molecule has 2 aromatic carbocycles. The molecule has 0 spiro atoms. The van der Waals surface area contributed by atoms with Gasteiger partial charge >= 0.3 is 5.97 Å². The number of carboxylic acid groups (broad SMARTS) is 1. The van der Waals surface area contributed by atoms with Crippen molar-refractivity contribution in [1.29, 1.82) is 0 Å². The van der Waals surface area contributed by atoms with Gasteiger partial charge in [0.15, 0.2) is 16.9 Å². The number of carbonyl (C=O) groups excluding carboxylic acids is 1. The third kappa shape index (κ3) is 3.22. The van der Waals surface area contributed by atoms with E-state index in [9.17, 15) is 34.8 Å². The average molecular weight is 388 g/mol. The molecule has 5 N–H and O–H groups in total. The molecular formula is C18H14NO9-. The van der Waals surface area contributed by atoms with Gasteiger partial charge < -0.3 is 40.1 Å². The number of aldehydes is 1. The van der Waals surface area contributed by atoms with Crippen LogP contribution in [0.15, 0.2) is 27.4 Å². The third-order valence-electron chi connectivity index (χ3n) is 4.16. The van der Waals surface area contributed by atoms with Crippen LogP contribution in [-0.4, -0.2) is 38.7 Å². The van der Waals surface area contributed by atoms with E-state index in [4.69, 9.17) is 9.52 Å². The molecular weight excluding hydrogens is 374 g/mol. The van der Waals surface area contributed by atoms with E-state index in [2.05, 4.69) is 5.32 Å². The quantitative estimate of drug-likeness (QED) is 0.232. The Morgan fingerprint density at radius 3 is 2.43 bits per heavy atom. The minimum atomic E-state index is -1.14. The van der Waals surface area contributed by atoms with Crippen molar-refractivity contribution in [3.8, 4) is 23.0 Å². The topological polar surface area (TPSA) is 180 Å². The number of phenols is 3. The van der Waals surface area contributed by atoms with E-state index in [1.165, 1.54) is 0 Å². The van der Waals surface area contributed by atoms with Gasteiger partial charge in [0.05, 0.1) is 22.5 Å². The highest BCUT2D eigenvalue weighted by atomic mass is 16.4. The van der Waals surface area contributed by atoms with E-state index in [1.807, 2.05) is 0 Å². The van der Waals surface area contributed by atoms with E-state index in [0.717, 1.165) is 18.2 Å². The molecule has 1 heterocycles. The fraction of sp³-hybridized carbons (Fsp3) is 0.167. The smallest absolute Gasteiger partial charge is 0.303 e. The fourth-order valence-electron chi connectivity index (χ4n) is 2.77. The summed E-state index contributed by atoms with van der Waals surface area (Å²) in [6.45, 7) is 0. The van der Waals surface area contributed by atoms with Gasteiger partial charge in [-0.05, 0) is 12.5 Å². The summed E-state index contributed by atoms with van der Waals surface area (Å²) in [5.41, 5.74) is -1.64. The Morgan fingerprint density at radius 2 is 1.79 bits per heavy atom. The largest absolute Gasteiger partial charge is 0.870 e. The van der Waals surface area contributed by atoms with E-state index >= 15 is 0 Å². The normalized spacial score (nSPS) is 12.1. The summed E-state index contributed by atoms with van der Waals surface area (Å²) in [6, 6.07) is 1.84. The number of hydrogen-bond acceptors (Lipinski definition) is 9. The van der Waals surface area contributed by atoms with Crippen molar-refractivity contribution >= 4 is 39.9 Å². The molecule has 0 radical (unpaired) electrons. The summed E-state index contributed by atoms with van der Waals surface area (Å²) in [5, 5.41) is 52.5. The van der Waals surface area contributed by atoms with Crippen LogP contribution in [0.4, 0.5) is 5.69 Å². The summed E-state index contributed by atoms with van der Waals surface area (Å²) in [6.07, 6.45) is -0.112. The fourth-order valence-corrected chi connectivity index (χ4v) is 2.77. The summed E-state index contributed by atoms with van der Waals surface area (Å²) in [4.78, 5) is 34.5. The first-order valence-corrected chi connectivity index (χ1v) is 8.02. The van der Waals surface area contributed by atoms with E-state index in [1.54, 1.807) is 0 Å². The van der Waals surface area contributed by atoms with Crippen LogP contribution >= 0.6 is 0 Å². The van der Waals surface area contributed by atoms with E-state index in [0.29, 0.717) is 6.29 Å². The molecule has 0 saturated carbocycles. The maximum Gasteiger partial charge on any atom is 0.303 e. The van der Waals surface area contributed by atoms with Crippen molar-refractivity contribution in [2.24, 2.45) is 0 Å². The zero-order valence-corrected chi connectivity index (χ0v) is 14.1. The minimum Gasteiger partial charge on any atom is -0.870 e. The molecule has 0 unspecified atom stereocenters. The predicted molar refractivity (Wildman–Crippen MR) is 94.8 cm³/mol. The SMILES string of the molecule is O=C[C@H](CCC(=O)O)Nc1c(O)cc2oc3cc(O)c(O)cc3c(=O)c2c1[O-]. The first-order chi connectivity index (χ1) is 13.2. The molecule has 0 fully saturated rings. The highest BCUT2D eigenvalue weighted by molar-refractivity contribution is 5.98. The molecule has 146 valence electrons. The van der Waals surface area contributed by atoms with Crippen LogP contribution in [0.25, 0.3) is 21.9 Å². The highest BCUT2D eigenvalue weighted by Crippen LogP contribution is 2.39. The van der Waals surface area contributed by atoms with Gasteiger partial charge in [-0.3, -0.25) is 9.59 Å². The molecule has 0 saturated heterocycles. The number of fused-ring (bicyclic) bond motifs is 2. The lowest BCUT2D eigenvalue weighted by atomic mass is 10.1. The summed E-state index contributed by atoms with van der Waals surface area (Å²) < 4.78 is 5.38. The van der Waals surface area contributed by atoms with Gasteiger partial charge in [0.2, 0.25) is 0 Å². The van der Waals surface area contributed by atoms with Crippen molar-refractivity contribution in [2.45, 2.75) is 18.9 Å². The number of hydrogen-bond donors (Lipinski definition) is 5. The van der Waals surface area contributed by atoms with Gasteiger partial charge in [-0.1, -0.05) is 5.75 Å². The molecule has 1 aromatic heterocycles. The second-order valence-corrected chi connectivity index (χ2v) is 6.06. The molecule has 3 rings (SSSR count). The van der Waals surface area contributed by atoms with Crippen LogP contribution in [0.1, 0.15) is 12.8 Å². The minimum absolute atomic E-state index is 0.112. The lowest BCUT2D eigenvalue weighted by Crippen LogP contribution is -2.23. The number of carboxylic acids is 1. The Morgan fingerprint density at radius 1 is 1.14 bits per heavy atom. The molecule has 10 nitrogen and oxygen atoms in total. The molecule has 3 aromatic rings. The Bertz CT molecular complexity index is 1170. The second kappa shape index (κ2) is 6.99. The number of carbonyl (C=O) groups is 2. The van der Waals surface area contributed by atoms with E-state index < -0.39 is 51.5 Å². The van der Waals surface area contributed by atoms with Crippen LogP contribution in [0.3, 0.4) is 0 Å². The monoisotopic (exact) mass is 388 g/mol. The summed E-state index contributed by atoms with van der Waals surface area (Å²) >= 11 is 0.